The fourth-order valence-electron chi connectivity index (χ4n) is 3.33. The Morgan fingerprint density at radius 3 is 2.96 bits per heavy atom. The fourth-order valence-corrected chi connectivity index (χ4v) is 3.33. The summed E-state index contributed by atoms with van der Waals surface area (Å²) in [5.41, 5.74) is 3.69. The largest absolute Gasteiger partial charge is 0.494 e. The molecule has 2 aliphatic rings. The van der Waals surface area contributed by atoms with Gasteiger partial charge in [-0.2, -0.15) is 0 Å². The van der Waals surface area contributed by atoms with Crippen molar-refractivity contribution in [1.29, 1.82) is 0 Å². The van der Waals surface area contributed by atoms with Gasteiger partial charge in [-0.25, -0.2) is 0 Å². The van der Waals surface area contributed by atoms with E-state index >= 15 is 0 Å². The van der Waals surface area contributed by atoms with E-state index < -0.39 is 0 Å². The number of aromatic hydroxyl groups is 1. The Balaban J connectivity index is 1.49. The van der Waals surface area contributed by atoms with Crippen LogP contribution in [0.5, 0.6) is 5.88 Å². The second-order valence-electron chi connectivity index (χ2n) is 6.52. The Kier molecular flexibility index (Phi) is 4.46. The molecule has 0 aliphatic carbocycles. The van der Waals surface area contributed by atoms with Crippen LogP contribution in [-0.4, -0.2) is 66.7 Å². The highest BCUT2D eigenvalue weighted by molar-refractivity contribution is 6.07. The lowest BCUT2D eigenvalue weighted by molar-refractivity contribution is 0.0394. The second kappa shape index (κ2) is 6.90. The first-order valence-corrected chi connectivity index (χ1v) is 8.70. The number of morpholine rings is 1. The minimum Gasteiger partial charge on any atom is -0.494 e. The predicted molar refractivity (Wildman–Crippen MR) is 98.2 cm³/mol. The molecule has 25 heavy (non-hydrogen) atoms. The zero-order valence-electron chi connectivity index (χ0n) is 14.4. The monoisotopic (exact) mass is 341 g/mol. The third kappa shape index (κ3) is 3.41. The van der Waals surface area contributed by atoms with Gasteiger partial charge in [0.15, 0.2) is 0 Å². The summed E-state index contributed by atoms with van der Waals surface area (Å²) in [7, 11) is 0. The highest BCUT2D eigenvalue weighted by atomic mass is 16.5. The number of nitrogens with one attached hydrogen (secondary N) is 1. The average Bonchev–Trinajstić information content (AvgIpc) is 3.18. The van der Waals surface area contributed by atoms with Gasteiger partial charge in [-0.05, 0) is 18.6 Å². The maximum Gasteiger partial charge on any atom is 0.200 e. The Morgan fingerprint density at radius 1 is 1.28 bits per heavy atom. The summed E-state index contributed by atoms with van der Waals surface area (Å²) in [5, 5.41) is 11.2. The zero-order valence-corrected chi connectivity index (χ0v) is 14.4. The number of hydrogen-bond acceptors (Lipinski definition) is 5. The van der Waals surface area contributed by atoms with Crippen LogP contribution in [0, 0.1) is 6.92 Å². The van der Waals surface area contributed by atoms with Gasteiger partial charge in [0, 0.05) is 36.6 Å². The topological polar surface area (TPSA) is 70.1 Å². The molecule has 6 heteroatoms. The first-order chi connectivity index (χ1) is 12.2. The minimum absolute atomic E-state index is 0.140. The van der Waals surface area contributed by atoms with Crippen molar-refractivity contribution in [3.63, 3.8) is 0 Å². The molecule has 1 aromatic heterocycles. The summed E-state index contributed by atoms with van der Waals surface area (Å²) in [6, 6.07) is 6.06. The van der Waals surface area contributed by atoms with Gasteiger partial charge in [-0.1, -0.05) is 12.1 Å². The highest BCUT2D eigenvalue weighted by Crippen LogP contribution is 2.35. The summed E-state index contributed by atoms with van der Waals surface area (Å²) in [5.74, 6) is 0.819. The van der Waals surface area contributed by atoms with Crippen molar-refractivity contribution in [3.8, 4) is 5.88 Å². The van der Waals surface area contributed by atoms with Gasteiger partial charge in [-0.3, -0.25) is 9.89 Å². The molecular formula is C19H23N3O3. The van der Waals surface area contributed by atoms with Gasteiger partial charge in [0.2, 0.25) is 5.88 Å². The number of aliphatic imine (C=N–C) groups is 1. The van der Waals surface area contributed by atoms with Crippen molar-refractivity contribution in [3.05, 3.63) is 35.4 Å². The van der Waals surface area contributed by atoms with E-state index in [1.165, 1.54) is 0 Å². The third-order valence-corrected chi connectivity index (χ3v) is 4.69. The molecule has 0 radical (unpaired) electrons. The lowest BCUT2D eigenvalue weighted by atomic mass is 10.1. The van der Waals surface area contributed by atoms with Crippen LogP contribution in [0.25, 0.3) is 16.7 Å². The van der Waals surface area contributed by atoms with E-state index in [1.807, 2.05) is 31.2 Å². The lowest BCUT2D eigenvalue weighted by Crippen LogP contribution is -2.37. The van der Waals surface area contributed by atoms with Gasteiger partial charge in [0.1, 0.15) is 12.4 Å². The number of aromatic amines is 1. The van der Waals surface area contributed by atoms with Gasteiger partial charge < -0.3 is 19.6 Å². The molecule has 132 valence electrons. The molecule has 0 unspecified atom stereocenters. The third-order valence-electron chi connectivity index (χ3n) is 4.69. The molecule has 0 amide bonds. The first kappa shape index (κ1) is 16.2. The number of hydrogen-bond donors (Lipinski definition) is 2. The molecule has 4 rings (SSSR count). The molecule has 1 aromatic carbocycles. The van der Waals surface area contributed by atoms with Crippen molar-refractivity contribution < 1.29 is 14.6 Å². The Morgan fingerprint density at radius 2 is 2.12 bits per heavy atom. The number of fused-ring (bicyclic) bond motifs is 1. The summed E-state index contributed by atoms with van der Waals surface area (Å²) >= 11 is 0. The number of nitrogens with zero attached hydrogens (tertiary/aromatic N) is 2. The maximum atomic E-state index is 10.3. The Labute approximate surface area is 146 Å². The van der Waals surface area contributed by atoms with E-state index in [2.05, 4.69) is 14.9 Å². The van der Waals surface area contributed by atoms with Crippen LogP contribution in [0.2, 0.25) is 0 Å². The highest BCUT2D eigenvalue weighted by Gasteiger charge is 2.21. The summed E-state index contributed by atoms with van der Waals surface area (Å²) in [6.07, 6.45) is 1.93. The summed E-state index contributed by atoms with van der Waals surface area (Å²) in [6.45, 7) is 7.75. The predicted octanol–water partition coefficient (Wildman–Crippen LogP) is 2.33. The quantitative estimate of drug-likeness (QED) is 0.895. The SMILES string of the molecule is Cc1ccc2c(C3=CC(=NCCN4CCOCC4)CO3)c(O)[nH]c2c1. The van der Waals surface area contributed by atoms with Crippen LogP contribution >= 0.6 is 0 Å². The van der Waals surface area contributed by atoms with Crippen molar-refractivity contribution in [2.24, 2.45) is 4.99 Å². The molecule has 0 spiro atoms. The van der Waals surface area contributed by atoms with E-state index in [0.717, 1.165) is 61.6 Å². The molecule has 1 fully saturated rings. The standard InChI is InChI=1S/C19H23N3O3/c1-13-2-3-15-16(10-13)21-19(23)18(15)17-11-14(12-25-17)20-4-5-22-6-8-24-9-7-22/h2-3,10-11,21,23H,4-9,12H2,1H3. The molecule has 0 saturated carbocycles. The molecular weight excluding hydrogens is 318 g/mol. The van der Waals surface area contributed by atoms with Crippen molar-refractivity contribution in [1.82, 2.24) is 9.88 Å². The van der Waals surface area contributed by atoms with Gasteiger partial charge >= 0.3 is 0 Å². The molecule has 1 saturated heterocycles. The van der Waals surface area contributed by atoms with E-state index in [9.17, 15) is 5.11 Å². The van der Waals surface area contributed by atoms with Crippen LogP contribution in [0.1, 0.15) is 11.1 Å². The Hall–Kier alpha value is -2.31. The van der Waals surface area contributed by atoms with E-state index in [1.54, 1.807) is 0 Å². The van der Waals surface area contributed by atoms with E-state index in [0.29, 0.717) is 17.9 Å². The molecule has 0 bridgehead atoms. The van der Waals surface area contributed by atoms with E-state index in [4.69, 9.17) is 9.47 Å². The van der Waals surface area contributed by atoms with Crippen molar-refractivity contribution in [2.75, 3.05) is 46.0 Å². The lowest BCUT2D eigenvalue weighted by Gasteiger charge is -2.25. The van der Waals surface area contributed by atoms with Crippen LogP contribution in [0.3, 0.4) is 0 Å². The second-order valence-corrected chi connectivity index (χ2v) is 6.52. The molecule has 3 heterocycles. The molecule has 0 atom stereocenters. The van der Waals surface area contributed by atoms with Crippen LogP contribution < -0.4 is 0 Å². The van der Waals surface area contributed by atoms with Gasteiger partial charge in [0.05, 0.1) is 31.0 Å². The maximum absolute atomic E-state index is 10.3. The molecule has 2 N–H and O–H groups in total. The van der Waals surface area contributed by atoms with E-state index in [-0.39, 0.29) is 5.88 Å². The number of benzene rings is 1. The van der Waals surface area contributed by atoms with Crippen molar-refractivity contribution in [2.45, 2.75) is 6.92 Å². The number of rotatable bonds is 4. The normalized spacial score (nSPS) is 20.2. The first-order valence-electron chi connectivity index (χ1n) is 8.70. The minimum atomic E-state index is 0.140. The summed E-state index contributed by atoms with van der Waals surface area (Å²) in [4.78, 5) is 10.0. The van der Waals surface area contributed by atoms with Gasteiger partial charge in [-0.15, -0.1) is 0 Å². The van der Waals surface area contributed by atoms with Crippen LogP contribution in [0.4, 0.5) is 0 Å². The number of ether oxygens (including phenoxy) is 2. The number of aromatic nitrogens is 1. The molecule has 6 nitrogen and oxygen atoms in total. The molecule has 2 aliphatic heterocycles. The van der Waals surface area contributed by atoms with Crippen LogP contribution in [0.15, 0.2) is 29.3 Å². The van der Waals surface area contributed by atoms with Crippen molar-refractivity contribution >= 4 is 22.4 Å². The number of aryl methyl sites for hydroxylation is 1. The fraction of sp³-hybridized carbons (Fsp3) is 0.421. The Bertz CT molecular complexity index is 832. The van der Waals surface area contributed by atoms with Gasteiger partial charge in [0.25, 0.3) is 0 Å². The summed E-state index contributed by atoms with van der Waals surface area (Å²) < 4.78 is 11.1. The number of H-pyrrole nitrogens is 1. The molecule has 2 aromatic rings. The zero-order chi connectivity index (χ0) is 17.2. The van der Waals surface area contributed by atoms with Crippen LogP contribution in [-0.2, 0) is 9.47 Å². The average molecular weight is 341 g/mol. The smallest absolute Gasteiger partial charge is 0.200 e.